The molecule has 0 amide bonds. The summed E-state index contributed by atoms with van der Waals surface area (Å²) in [5, 5.41) is 0. The SMILES string of the molecule is Cc1ccc(C(=O)OCCCn2c(=O)c3c(ncn3C)n(C)c2=O)s1. The smallest absolute Gasteiger partial charge is 0.348 e. The number of nitrogens with zero attached hydrogens (tertiary/aromatic N) is 4. The Labute approximate surface area is 146 Å². The first-order valence-electron chi connectivity index (χ1n) is 7.74. The van der Waals surface area contributed by atoms with Crippen LogP contribution in [0.1, 0.15) is 21.0 Å². The van der Waals surface area contributed by atoms with E-state index in [2.05, 4.69) is 4.98 Å². The number of imidazole rings is 1. The molecule has 0 unspecified atom stereocenters. The number of hydrogen-bond donors (Lipinski definition) is 0. The van der Waals surface area contributed by atoms with E-state index in [0.717, 1.165) is 9.44 Å². The number of esters is 1. The molecule has 0 N–H and O–H groups in total. The van der Waals surface area contributed by atoms with Crippen LogP contribution in [-0.2, 0) is 25.4 Å². The third kappa shape index (κ3) is 3.14. The maximum atomic E-state index is 12.5. The minimum Gasteiger partial charge on any atom is -0.461 e. The Morgan fingerprint density at radius 1 is 1.28 bits per heavy atom. The van der Waals surface area contributed by atoms with Gasteiger partial charge in [0, 0.05) is 25.5 Å². The summed E-state index contributed by atoms with van der Waals surface area (Å²) in [6.45, 7) is 2.22. The standard InChI is InChI=1S/C16H18N4O4S/c1-10-5-6-11(25-10)15(22)24-8-4-7-20-14(21)12-13(17-9-18(12)2)19(3)16(20)23/h5-6,9H,4,7-8H2,1-3H3. The fourth-order valence-corrected chi connectivity index (χ4v) is 3.36. The fourth-order valence-electron chi connectivity index (χ4n) is 2.60. The van der Waals surface area contributed by atoms with Crippen molar-refractivity contribution in [2.24, 2.45) is 14.1 Å². The maximum absolute atomic E-state index is 12.5. The molecule has 0 bridgehead atoms. The highest BCUT2D eigenvalue weighted by Gasteiger charge is 2.15. The monoisotopic (exact) mass is 362 g/mol. The van der Waals surface area contributed by atoms with E-state index >= 15 is 0 Å². The summed E-state index contributed by atoms with van der Waals surface area (Å²) in [6, 6.07) is 3.58. The molecule has 9 heteroatoms. The van der Waals surface area contributed by atoms with E-state index in [1.54, 1.807) is 24.7 Å². The zero-order chi connectivity index (χ0) is 18.1. The normalized spacial score (nSPS) is 11.2. The number of carbonyl (C=O) groups is 1. The molecule has 0 saturated carbocycles. The van der Waals surface area contributed by atoms with Gasteiger partial charge >= 0.3 is 11.7 Å². The number of thiophene rings is 1. The van der Waals surface area contributed by atoms with E-state index in [0.29, 0.717) is 22.5 Å². The Bertz CT molecular complexity index is 1060. The van der Waals surface area contributed by atoms with Crippen LogP contribution in [0.5, 0.6) is 0 Å². The van der Waals surface area contributed by atoms with Gasteiger partial charge in [-0.15, -0.1) is 11.3 Å². The van der Waals surface area contributed by atoms with E-state index in [1.165, 1.54) is 22.2 Å². The molecule has 0 atom stereocenters. The lowest BCUT2D eigenvalue weighted by Crippen LogP contribution is -2.39. The topological polar surface area (TPSA) is 88.1 Å². The van der Waals surface area contributed by atoms with Gasteiger partial charge in [-0.2, -0.15) is 0 Å². The number of aryl methyl sites for hydroxylation is 3. The van der Waals surface area contributed by atoms with E-state index in [9.17, 15) is 14.4 Å². The first kappa shape index (κ1) is 17.2. The molecule has 0 aromatic carbocycles. The van der Waals surface area contributed by atoms with E-state index in [4.69, 9.17) is 4.74 Å². The summed E-state index contributed by atoms with van der Waals surface area (Å²) in [7, 11) is 3.28. The molecule has 0 aliphatic rings. The molecule has 3 aromatic heterocycles. The average molecular weight is 362 g/mol. The molecule has 3 aromatic rings. The molecule has 0 aliphatic carbocycles. The number of aromatic nitrogens is 4. The van der Waals surface area contributed by atoms with Crippen LogP contribution in [0.4, 0.5) is 0 Å². The zero-order valence-corrected chi connectivity index (χ0v) is 15.0. The molecule has 0 saturated heterocycles. The van der Waals surface area contributed by atoms with Crippen molar-refractivity contribution in [1.29, 1.82) is 0 Å². The van der Waals surface area contributed by atoms with E-state index in [1.807, 2.05) is 13.0 Å². The molecule has 3 rings (SSSR count). The van der Waals surface area contributed by atoms with Crippen molar-refractivity contribution in [3.05, 3.63) is 49.1 Å². The summed E-state index contributed by atoms with van der Waals surface area (Å²) < 4.78 is 9.28. The lowest BCUT2D eigenvalue weighted by Gasteiger charge is -2.09. The van der Waals surface area contributed by atoms with Gasteiger partial charge in [0.05, 0.1) is 12.9 Å². The van der Waals surface area contributed by atoms with Crippen LogP contribution in [0.15, 0.2) is 28.0 Å². The summed E-state index contributed by atoms with van der Waals surface area (Å²) in [5.41, 5.74) is -0.101. The third-order valence-corrected chi connectivity index (χ3v) is 4.88. The summed E-state index contributed by atoms with van der Waals surface area (Å²) in [6.07, 6.45) is 1.87. The number of ether oxygens (including phenoxy) is 1. The van der Waals surface area contributed by atoms with Gasteiger partial charge in [0.1, 0.15) is 4.88 Å². The van der Waals surface area contributed by atoms with Gasteiger partial charge in [-0.05, 0) is 25.5 Å². The van der Waals surface area contributed by atoms with Crippen LogP contribution in [-0.4, -0.2) is 31.3 Å². The van der Waals surface area contributed by atoms with Gasteiger partial charge in [0.15, 0.2) is 11.2 Å². The largest absolute Gasteiger partial charge is 0.461 e. The Kier molecular flexibility index (Phi) is 4.58. The number of fused-ring (bicyclic) bond motifs is 1. The fraction of sp³-hybridized carbons (Fsp3) is 0.375. The molecule has 0 fully saturated rings. The molecular weight excluding hydrogens is 344 g/mol. The van der Waals surface area contributed by atoms with E-state index in [-0.39, 0.29) is 19.1 Å². The highest BCUT2D eigenvalue weighted by molar-refractivity contribution is 7.13. The van der Waals surface area contributed by atoms with Crippen molar-refractivity contribution in [2.75, 3.05) is 6.61 Å². The minimum atomic E-state index is -0.434. The molecule has 3 heterocycles. The van der Waals surface area contributed by atoms with Crippen molar-refractivity contribution in [3.8, 4) is 0 Å². The Morgan fingerprint density at radius 2 is 2.04 bits per heavy atom. The van der Waals surface area contributed by atoms with Gasteiger partial charge in [-0.1, -0.05) is 0 Å². The van der Waals surface area contributed by atoms with Crippen molar-refractivity contribution in [2.45, 2.75) is 19.9 Å². The molecule has 8 nitrogen and oxygen atoms in total. The second kappa shape index (κ2) is 6.67. The molecular formula is C16H18N4O4S. The van der Waals surface area contributed by atoms with Crippen LogP contribution in [0.2, 0.25) is 0 Å². The molecule has 0 spiro atoms. The van der Waals surface area contributed by atoms with Crippen LogP contribution in [0.3, 0.4) is 0 Å². The van der Waals surface area contributed by atoms with Crippen molar-refractivity contribution >= 4 is 28.5 Å². The van der Waals surface area contributed by atoms with Crippen LogP contribution in [0.25, 0.3) is 11.2 Å². The van der Waals surface area contributed by atoms with E-state index < -0.39 is 11.2 Å². The second-order valence-electron chi connectivity index (χ2n) is 5.73. The van der Waals surface area contributed by atoms with Crippen molar-refractivity contribution < 1.29 is 9.53 Å². The maximum Gasteiger partial charge on any atom is 0.348 e. The van der Waals surface area contributed by atoms with Crippen molar-refractivity contribution in [1.82, 2.24) is 18.7 Å². The quantitative estimate of drug-likeness (QED) is 0.500. The summed E-state index contributed by atoms with van der Waals surface area (Å²) in [4.78, 5) is 42.4. The number of hydrogen-bond acceptors (Lipinski definition) is 6. The average Bonchev–Trinajstić information content (AvgIpc) is 3.18. The molecule has 0 radical (unpaired) electrons. The highest BCUT2D eigenvalue weighted by atomic mass is 32.1. The summed E-state index contributed by atoms with van der Waals surface area (Å²) in [5.74, 6) is -0.388. The third-order valence-electron chi connectivity index (χ3n) is 3.90. The molecule has 0 aliphatic heterocycles. The van der Waals surface area contributed by atoms with Gasteiger partial charge in [0.25, 0.3) is 5.56 Å². The zero-order valence-electron chi connectivity index (χ0n) is 14.2. The first-order chi connectivity index (χ1) is 11.9. The Hall–Kier alpha value is -2.68. The van der Waals surface area contributed by atoms with Gasteiger partial charge in [-0.3, -0.25) is 13.9 Å². The van der Waals surface area contributed by atoms with Gasteiger partial charge < -0.3 is 9.30 Å². The Balaban J connectivity index is 1.71. The van der Waals surface area contributed by atoms with Crippen LogP contribution in [0, 0.1) is 6.92 Å². The summed E-state index contributed by atoms with van der Waals surface area (Å²) >= 11 is 1.37. The number of rotatable bonds is 5. The van der Waals surface area contributed by atoms with Crippen molar-refractivity contribution in [3.63, 3.8) is 0 Å². The van der Waals surface area contributed by atoms with Crippen LogP contribution < -0.4 is 11.2 Å². The lowest BCUT2D eigenvalue weighted by atomic mass is 10.4. The minimum absolute atomic E-state index is 0.134. The number of carbonyl (C=O) groups excluding carboxylic acids is 1. The molecule has 132 valence electrons. The predicted molar refractivity (Wildman–Crippen MR) is 94.2 cm³/mol. The van der Waals surface area contributed by atoms with Gasteiger partial charge in [0.2, 0.25) is 0 Å². The first-order valence-corrected chi connectivity index (χ1v) is 8.56. The van der Waals surface area contributed by atoms with Gasteiger partial charge in [-0.25, -0.2) is 14.6 Å². The van der Waals surface area contributed by atoms with Crippen LogP contribution >= 0.6 is 11.3 Å². The highest BCUT2D eigenvalue weighted by Crippen LogP contribution is 2.16. The molecule has 25 heavy (non-hydrogen) atoms. The lowest BCUT2D eigenvalue weighted by molar-refractivity contribution is 0.0501. The Morgan fingerprint density at radius 3 is 2.72 bits per heavy atom. The predicted octanol–water partition coefficient (Wildman–Crippen LogP) is 1.05. The second-order valence-corrected chi connectivity index (χ2v) is 7.01.